The van der Waals surface area contributed by atoms with Crippen molar-refractivity contribution in [3.63, 3.8) is 0 Å². The summed E-state index contributed by atoms with van der Waals surface area (Å²) in [5.41, 5.74) is 0.824. The number of benzene rings is 1. The molecule has 0 saturated carbocycles. The Morgan fingerprint density at radius 3 is 3.00 bits per heavy atom. The Morgan fingerprint density at radius 2 is 2.20 bits per heavy atom. The molecule has 0 amide bonds. The largest absolute Gasteiger partial charge is 0.508 e. The molecular weight excluding hydrogens is 200 g/mol. The molecule has 1 aromatic carbocycles. The Balaban J connectivity index is 2.01. The lowest BCUT2D eigenvalue weighted by molar-refractivity contribution is 0.0668. The van der Waals surface area contributed by atoms with Crippen LogP contribution in [0, 0.1) is 0 Å². The molecule has 1 aromatic rings. The Labute approximate surface area is 86.5 Å². The Kier molecular flexibility index (Phi) is 2.62. The zero-order valence-electron chi connectivity index (χ0n) is 8.19. The van der Waals surface area contributed by atoms with Crippen molar-refractivity contribution >= 4 is 6.16 Å². The van der Waals surface area contributed by atoms with Crippen molar-refractivity contribution < 1.29 is 23.7 Å². The quantitative estimate of drug-likeness (QED) is 0.695. The topological polar surface area (TPSA) is 54.0 Å². The van der Waals surface area contributed by atoms with Crippen LogP contribution in [0.3, 0.4) is 0 Å². The maximum Gasteiger partial charge on any atom is 0.508 e. The van der Waals surface area contributed by atoms with E-state index in [-0.39, 0.29) is 13.4 Å². The number of hydrogen-bond acceptors (Lipinski definition) is 5. The van der Waals surface area contributed by atoms with Crippen LogP contribution in [0.15, 0.2) is 18.2 Å². The van der Waals surface area contributed by atoms with E-state index in [0.29, 0.717) is 11.5 Å². The first-order chi connectivity index (χ1) is 7.29. The third kappa shape index (κ3) is 2.12. The number of hydrogen-bond donors (Lipinski definition) is 0. The van der Waals surface area contributed by atoms with Gasteiger partial charge in [0.2, 0.25) is 6.79 Å². The van der Waals surface area contributed by atoms with Crippen molar-refractivity contribution in [1.29, 1.82) is 0 Å². The Hall–Kier alpha value is -1.91. The van der Waals surface area contributed by atoms with Crippen LogP contribution in [-0.2, 0) is 16.1 Å². The molecule has 0 fully saturated rings. The molecule has 1 heterocycles. The van der Waals surface area contributed by atoms with E-state index in [1.807, 2.05) is 0 Å². The van der Waals surface area contributed by atoms with Gasteiger partial charge in [-0.05, 0) is 17.7 Å². The molecule has 0 radical (unpaired) electrons. The molecule has 1 aliphatic heterocycles. The lowest BCUT2D eigenvalue weighted by Gasteiger charge is -2.03. The second kappa shape index (κ2) is 4.08. The molecule has 5 heteroatoms. The van der Waals surface area contributed by atoms with Crippen LogP contribution in [0.1, 0.15) is 5.56 Å². The highest BCUT2D eigenvalue weighted by Crippen LogP contribution is 2.32. The maximum absolute atomic E-state index is 10.7. The van der Waals surface area contributed by atoms with Gasteiger partial charge >= 0.3 is 6.16 Å². The minimum absolute atomic E-state index is 0.156. The Morgan fingerprint density at radius 1 is 1.40 bits per heavy atom. The number of ether oxygens (including phenoxy) is 4. The van der Waals surface area contributed by atoms with Crippen molar-refractivity contribution in [2.24, 2.45) is 0 Å². The second-order valence-electron chi connectivity index (χ2n) is 2.93. The molecule has 15 heavy (non-hydrogen) atoms. The molecule has 2 rings (SSSR count). The normalized spacial score (nSPS) is 12.3. The van der Waals surface area contributed by atoms with E-state index in [4.69, 9.17) is 14.2 Å². The van der Waals surface area contributed by atoms with Gasteiger partial charge in [0, 0.05) is 0 Å². The average molecular weight is 210 g/mol. The summed E-state index contributed by atoms with van der Waals surface area (Å²) < 4.78 is 19.5. The van der Waals surface area contributed by atoms with E-state index in [1.54, 1.807) is 18.2 Å². The minimum atomic E-state index is -0.701. The van der Waals surface area contributed by atoms with E-state index >= 15 is 0 Å². The van der Waals surface area contributed by atoms with Crippen molar-refractivity contribution in [2.75, 3.05) is 13.9 Å². The molecule has 1 aliphatic rings. The van der Waals surface area contributed by atoms with Crippen molar-refractivity contribution in [1.82, 2.24) is 0 Å². The van der Waals surface area contributed by atoms with Gasteiger partial charge in [0.1, 0.15) is 6.61 Å². The third-order valence-electron chi connectivity index (χ3n) is 1.96. The van der Waals surface area contributed by atoms with E-state index < -0.39 is 6.16 Å². The van der Waals surface area contributed by atoms with Crippen LogP contribution in [0.5, 0.6) is 11.5 Å². The van der Waals surface area contributed by atoms with Gasteiger partial charge in [-0.15, -0.1) is 0 Å². The fraction of sp³-hybridized carbons (Fsp3) is 0.300. The molecule has 0 saturated heterocycles. The van der Waals surface area contributed by atoms with Crippen molar-refractivity contribution in [2.45, 2.75) is 6.61 Å². The first-order valence-corrected chi connectivity index (χ1v) is 4.39. The standard InChI is InChI=1S/C10H10O5/c1-12-10(11)13-5-7-2-3-8-9(4-7)15-6-14-8/h2-4H,5-6H2,1H3. The number of carbonyl (C=O) groups excluding carboxylic acids is 1. The molecule has 0 bridgehead atoms. The summed E-state index contributed by atoms with van der Waals surface area (Å²) in [4.78, 5) is 10.7. The summed E-state index contributed by atoms with van der Waals surface area (Å²) in [6.07, 6.45) is -0.701. The van der Waals surface area contributed by atoms with Crippen LogP contribution in [-0.4, -0.2) is 20.1 Å². The van der Waals surface area contributed by atoms with Crippen LogP contribution < -0.4 is 9.47 Å². The molecule has 0 spiro atoms. The zero-order chi connectivity index (χ0) is 10.7. The molecule has 0 aliphatic carbocycles. The summed E-state index contributed by atoms with van der Waals surface area (Å²) in [5.74, 6) is 1.37. The molecule has 0 aromatic heterocycles. The van der Waals surface area contributed by atoms with Crippen LogP contribution in [0.2, 0.25) is 0 Å². The third-order valence-corrected chi connectivity index (χ3v) is 1.96. The van der Waals surface area contributed by atoms with Gasteiger partial charge in [0.15, 0.2) is 11.5 Å². The fourth-order valence-corrected chi connectivity index (χ4v) is 1.23. The molecule has 0 unspecified atom stereocenters. The van der Waals surface area contributed by atoms with E-state index in [9.17, 15) is 4.79 Å². The number of methoxy groups -OCH3 is 1. The van der Waals surface area contributed by atoms with Gasteiger partial charge in [-0.2, -0.15) is 0 Å². The second-order valence-corrected chi connectivity index (χ2v) is 2.93. The van der Waals surface area contributed by atoms with Gasteiger partial charge in [0.05, 0.1) is 7.11 Å². The molecular formula is C10H10O5. The highest BCUT2D eigenvalue weighted by molar-refractivity contribution is 5.59. The maximum atomic E-state index is 10.7. The van der Waals surface area contributed by atoms with Gasteiger partial charge in [-0.25, -0.2) is 4.79 Å². The highest BCUT2D eigenvalue weighted by atomic mass is 16.7. The number of fused-ring (bicyclic) bond motifs is 1. The molecule has 0 N–H and O–H groups in total. The van der Waals surface area contributed by atoms with Gasteiger partial charge in [-0.1, -0.05) is 6.07 Å². The molecule has 80 valence electrons. The molecule has 0 atom stereocenters. The van der Waals surface area contributed by atoms with Crippen LogP contribution >= 0.6 is 0 Å². The first kappa shape index (κ1) is 9.64. The summed E-state index contributed by atoms with van der Waals surface area (Å²) in [6, 6.07) is 5.35. The molecule has 5 nitrogen and oxygen atoms in total. The highest BCUT2D eigenvalue weighted by Gasteiger charge is 2.13. The summed E-state index contributed by atoms with van der Waals surface area (Å²) >= 11 is 0. The first-order valence-electron chi connectivity index (χ1n) is 4.39. The number of rotatable bonds is 2. The predicted molar refractivity (Wildman–Crippen MR) is 49.8 cm³/mol. The van der Waals surface area contributed by atoms with Crippen LogP contribution in [0.25, 0.3) is 0 Å². The van der Waals surface area contributed by atoms with Gasteiger partial charge in [-0.3, -0.25) is 0 Å². The zero-order valence-corrected chi connectivity index (χ0v) is 8.19. The predicted octanol–water partition coefficient (Wildman–Crippen LogP) is 1.70. The smallest absolute Gasteiger partial charge is 0.454 e. The lowest BCUT2D eigenvalue weighted by Crippen LogP contribution is -2.03. The summed E-state index contributed by atoms with van der Waals surface area (Å²) in [7, 11) is 1.27. The van der Waals surface area contributed by atoms with Crippen LogP contribution in [0.4, 0.5) is 4.79 Å². The monoisotopic (exact) mass is 210 g/mol. The average Bonchev–Trinajstić information content (AvgIpc) is 2.72. The van der Waals surface area contributed by atoms with Gasteiger partial charge < -0.3 is 18.9 Å². The van der Waals surface area contributed by atoms with E-state index in [0.717, 1.165) is 5.56 Å². The van der Waals surface area contributed by atoms with Crippen molar-refractivity contribution in [3.05, 3.63) is 23.8 Å². The summed E-state index contributed by atoms with van der Waals surface area (Å²) in [6.45, 7) is 0.389. The van der Waals surface area contributed by atoms with Gasteiger partial charge in [0.25, 0.3) is 0 Å². The lowest BCUT2D eigenvalue weighted by atomic mass is 10.2. The number of carbonyl (C=O) groups is 1. The van der Waals surface area contributed by atoms with E-state index in [2.05, 4.69) is 4.74 Å². The fourth-order valence-electron chi connectivity index (χ4n) is 1.23. The SMILES string of the molecule is COC(=O)OCc1ccc2c(c1)OCO2. The van der Waals surface area contributed by atoms with E-state index in [1.165, 1.54) is 7.11 Å². The van der Waals surface area contributed by atoms with Crippen molar-refractivity contribution in [3.8, 4) is 11.5 Å². The Bertz CT molecular complexity index is 374. The summed E-state index contributed by atoms with van der Waals surface area (Å²) in [5, 5.41) is 0. The minimum Gasteiger partial charge on any atom is -0.454 e.